The molecule has 1 aromatic heterocycles. The molecule has 0 aliphatic heterocycles. The third-order valence-corrected chi connectivity index (χ3v) is 3.64. The zero-order valence-electron chi connectivity index (χ0n) is 12.6. The van der Waals surface area contributed by atoms with Crippen LogP contribution in [0.15, 0.2) is 34.7 Å². The minimum Gasteiger partial charge on any atom is -0.466 e. The number of hydrogen-bond donors (Lipinski definition) is 2. The Morgan fingerprint density at radius 3 is 2.14 bits per heavy atom. The van der Waals surface area contributed by atoms with Gasteiger partial charge in [-0.3, -0.25) is 9.59 Å². The fourth-order valence-corrected chi connectivity index (χ4v) is 2.28. The minimum atomic E-state index is -0.205. The van der Waals surface area contributed by atoms with Gasteiger partial charge in [-0.05, 0) is 57.0 Å². The van der Waals surface area contributed by atoms with Crippen molar-refractivity contribution in [1.29, 1.82) is 0 Å². The second-order valence-corrected chi connectivity index (χ2v) is 5.62. The Morgan fingerprint density at radius 2 is 1.64 bits per heavy atom. The molecule has 22 heavy (non-hydrogen) atoms. The van der Waals surface area contributed by atoms with Crippen molar-refractivity contribution in [1.82, 2.24) is 0 Å². The molecule has 0 bridgehead atoms. The summed E-state index contributed by atoms with van der Waals surface area (Å²) in [4.78, 5) is 23.8. The van der Waals surface area contributed by atoms with E-state index in [0.29, 0.717) is 22.8 Å². The maximum Gasteiger partial charge on any atom is 0.259 e. The molecule has 1 aliphatic carbocycles. The van der Waals surface area contributed by atoms with E-state index in [2.05, 4.69) is 10.6 Å². The Kier molecular flexibility index (Phi) is 3.71. The number of benzene rings is 1. The highest BCUT2D eigenvalue weighted by atomic mass is 16.3. The zero-order valence-corrected chi connectivity index (χ0v) is 12.6. The summed E-state index contributed by atoms with van der Waals surface area (Å²) in [6.45, 7) is 3.57. The molecule has 1 heterocycles. The molecule has 5 nitrogen and oxygen atoms in total. The normalized spacial score (nSPS) is 13.7. The van der Waals surface area contributed by atoms with Crippen molar-refractivity contribution in [3.8, 4) is 0 Å². The van der Waals surface area contributed by atoms with Crippen LogP contribution in [0.1, 0.15) is 34.7 Å². The summed E-state index contributed by atoms with van der Waals surface area (Å²) < 4.78 is 5.36. The predicted octanol–water partition coefficient (Wildman–Crippen LogP) is 3.50. The van der Waals surface area contributed by atoms with Crippen molar-refractivity contribution < 1.29 is 14.0 Å². The van der Waals surface area contributed by atoms with E-state index < -0.39 is 0 Å². The summed E-state index contributed by atoms with van der Waals surface area (Å²) in [7, 11) is 0. The van der Waals surface area contributed by atoms with Gasteiger partial charge in [-0.25, -0.2) is 0 Å². The number of furan rings is 1. The molecule has 1 saturated carbocycles. The van der Waals surface area contributed by atoms with Crippen molar-refractivity contribution in [3.63, 3.8) is 0 Å². The summed E-state index contributed by atoms with van der Waals surface area (Å²) >= 11 is 0. The molecule has 2 N–H and O–H groups in total. The van der Waals surface area contributed by atoms with Gasteiger partial charge in [-0.2, -0.15) is 0 Å². The molecule has 2 amide bonds. The molecule has 0 radical (unpaired) electrons. The number of nitrogens with one attached hydrogen (secondary N) is 2. The number of amides is 2. The van der Waals surface area contributed by atoms with Crippen molar-refractivity contribution in [2.75, 3.05) is 10.6 Å². The summed E-state index contributed by atoms with van der Waals surface area (Å²) in [6, 6.07) is 8.81. The standard InChI is InChI=1S/C17H18N2O3/c1-10-9-15(11(2)22-10)17(21)19-14-7-5-13(6-8-14)18-16(20)12-3-4-12/h5-9,12H,3-4H2,1-2H3,(H,18,20)(H,19,21). The molecule has 0 saturated heterocycles. The average Bonchev–Trinajstić information content (AvgIpc) is 3.26. The van der Waals surface area contributed by atoms with Crippen LogP contribution in [0.5, 0.6) is 0 Å². The Bertz CT molecular complexity index is 712. The van der Waals surface area contributed by atoms with Crippen LogP contribution in [0.25, 0.3) is 0 Å². The number of carbonyl (C=O) groups excluding carboxylic acids is 2. The van der Waals surface area contributed by atoms with Crippen molar-refractivity contribution >= 4 is 23.2 Å². The number of hydrogen-bond acceptors (Lipinski definition) is 3. The van der Waals surface area contributed by atoms with Gasteiger partial charge in [-0.15, -0.1) is 0 Å². The number of rotatable bonds is 4. The molecule has 0 atom stereocenters. The lowest BCUT2D eigenvalue weighted by Crippen LogP contribution is -2.14. The number of anilines is 2. The van der Waals surface area contributed by atoms with Crippen LogP contribution >= 0.6 is 0 Å². The first kappa shape index (κ1) is 14.4. The van der Waals surface area contributed by atoms with E-state index in [-0.39, 0.29) is 17.7 Å². The van der Waals surface area contributed by atoms with Crippen LogP contribution in [0.2, 0.25) is 0 Å². The highest BCUT2D eigenvalue weighted by molar-refractivity contribution is 6.05. The highest BCUT2D eigenvalue weighted by Crippen LogP contribution is 2.30. The first-order valence-corrected chi connectivity index (χ1v) is 7.32. The molecular weight excluding hydrogens is 280 g/mol. The maximum atomic E-state index is 12.2. The van der Waals surface area contributed by atoms with E-state index >= 15 is 0 Å². The van der Waals surface area contributed by atoms with Gasteiger partial charge >= 0.3 is 0 Å². The molecule has 0 spiro atoms. The van der Waals surface area contributed by atoms with E-state index in [1.807, 2.05) is 0 Å². The van der Waals surface area contributed by atoms with Crippen LogP contribution < -0.4 is 10.6 Å². The van der Waals surface area contributed by atoms with Crippen LogP contribution in [-0.4, -0.2) is 11.8 Å². The number of carbonyl (C=O) groups is 2. The van der Waals surface area contributed by atoms with E-state index in [4.69, 9.17) is 4.42 Å². The predicted molar refractivity (Wildman–Crippen MR) is 83.9 cm³/mol. The fourth-order valence-electron chi connectivity index (χ4n) is 2.28. The van der Waals surface area contributed by atoms with Gasteiger partial charge in [0.1, 0.15) is 11.5 Å². The second kappa shape index (κ2) is 5.67. The first-order valence-electron chi connectivity index (χ1n) is 7.32. The first-order chi connectivity index (χ1) is 10.5. The Balaban J connectivity index is 1.64. The van der Waals surface area contributed by atoms with Crippen LogP contribution in [0, 0.1) is 19.8 Å². The highest BCUT2D eigenvalue weighted by Gasteiger charge is 2.29. The Morgan fingerprint density at radius 1 is 1.05 bits per heavy atom. The lowest BCUT2D eigenvalue weighted by molar-refractivity contribution is -0.117. The summed E-state index contributed by atoms with van der Waals surface area (Å²) in [6.07, 6.45) is 1.95. The average molecular weight is 298 g/mol. The lowest BCUT2D eigenvalue weighted by atomic mass is 10.2. The Labute approximate surface area is 128 Å². The van der Waals surface area contributed by atoms with Gasteiger partial charge < -0.3 is 15.1 Å². The monoisotopic (exact) mass is 298 g/mol. The summed E-state index contributed by atoms with van der Waals surface area (Å²) in [5, 5.41) is 5.68. The largest absolute Gasteiger partial charge is 0.466 e. The van der Waals surface area contributed by atoms with Gasteiger partial charge in [0.15, 0.2) is 0 Å². The third-order valence-electron chi connectivity index (χ3n) is 3.64. The van der Waals surface area contributed by atoms with E-state index in [9.17, 15) is 9.59 Å². The summed E-state index contributed by atoms with van der Waals surface area (Å²) in [5.41, 5.74) is 1.95. The molecule has 114 valence electrons. The topological polar surface area (TPSA) is 71.3 Å². The Hall–Kier alpha value is -2.56. The maximum absolute atomic E-state index is 12.2. The van der Waals surface area contributed by atoms with Crippen LogP contribution in [-0.2, 0) is 4.79 Å². The fraction of sp³-hybridized carbons (Fsp3) is 0.294. The van der Waals surface area contributed by atoms with Crippen molar-refractivity contribution in [2.45, 2.75) is 26.7 Å². The second-order valence-electron chi connectivity index (χ2n) is 5.62. The zero-order chi connectivity index (χ0) is 15.7. The van der Waals surface area contributed by atoms with Crippen LogP contribution in [0.3, 0.4) is 0 Å². The summed E-state index contributed by atoms with van der Waals surface area (Å²) in [5.74, 6) is 1.35. The smallest absolute Gasteiger partial charge is 0.259 e. The van der Waals surface area contributed by atoms with E-state index in [0.717, 1.165) is 18.5 Å². The molecule has 0 unspecified atom stereocenters. The molecule has 2 aromatic rings. The number of aryl methyl sites for hydroxylation is 2. The molecule has 1 fully saturated rings. The van der Waals surface area contributed by atoms with Gasteiger partial charge in [0, 0.05) is 17.3 Å². The minimum absolute atomic E-state index is 0.0706. The van der Waals surface area contributed by atoms with E-state index in [1.54, 1.807) is 44.2 Å². The lowest BCUT2D eigenvalue weighted by Gasteiger charge is -2.07. The van der Waals surface area contributed by atoms with Crippen LogP contribution in [0.4, 0.5) is 11.4 Å². The molecule has 5 heteroatoms. The van der Waals surface area contributed by atoms with Crippen molar-refractivity contribution in [2.24, 2.45) is 5.92 Å². The van der Waals surface area contributed by atoms with Gasteiger partial charge in [0.2, 0.25) is 5.91 Å². The van der Waals surface area contributed by atoms with Gasteiger partial charge in [0.05, 0.1) is 5.56 Å². The molecule has 3 rings (SSSR count). The van der Waals surface area contributed by atoms with Gasteiger partial charge in [0.25, 0.3) is 5.91 Å². The third kappa shape index (κ3) is 3.19. The van der Waals surface area contributed by atoms with Gasteiger partial charge in [-0.1, -0.05) is 0 Å². The van der Waals surface area contributed by atoms with Crippen molar-refractivity contribution in [3.05, 3.63) is 47.4 Å². The molecule has 1 aromatic carbocycles. The SMILES string of the molecule is Cc1cc(C(=O)Nc2ccc(NC(=O)C3CC3)cc2)c(C)o1. The van der Waals surface area contributed by atoms with E-state index in [1.165, 1.54) is 0 Å². The molecule has 1 aliphatic rings. The molecular formula is C17H18N2O3. The quantitative estimate of drug-likeness (QED) is 0.907.